The standard InChI is InChI=1S/C23H30N2O2S/c1-2-19-7-3-4-10-22(19)28-18-6-11-24-12-14-25(15-13-24)20-8-5-9-21-23(20)27-17-16-26-21/h3-5,7-10H,2,6,11-18H2,1H3. The van der Waals surface area contributed by atoms with Crippen LogP contribution < -0.4 is 14.4 Å². The van der Waals surface area contributed by atoms with Crippen molar-refractivity contribution in [1.82, 2.24) is 4.90 Å². The normalized spacial score (nSPS) is 17.0. The molecule has 2 heterocycles. The van der Waals surface area contributed by atoms with Gasteiger partial charge in [0.05, 0.1) is 5.69 Å². The number of rotatable bonds is 7. The summed E-state index contributed by atoms with van der Waals surface area (Å²) < 4.78 is 11.6. The maximum absolute atomic E-state index is 5.89. The van der Waals surface area contributed by atoms with E-state index in [1.54, 1.807) is 0 Å². The monoisotopic (exact) mass is 398 g/mol. The molecule has 1 saturated heterocycles. The Bertz CT molecular complexity index is 775. The second kappa shape index (κ2) is 9.57. The maximum Gasteiger partial charge on any atom is 0.184 e. The molecule has 0 atom stereocenters. The minimum atomic E-state index is 0.642. The average Bonchev–Trinajstić information content (AvgIpc) is 2.77. The van der Waals surface area contributed by atoms with Crippen molar-refractivity contribution < 1.29 is 9.47 Å². The van der Waals surface area contributed by atoms with E-state index in [-0.39, 0.29) is 0 Å². The van der Waals surface area contributed by atoms with Gasteiger partial charge in [0, 0.05) is 31.1 Å². The zero-order chi connectivity index (χ0) is 19.2. The highest BCUT2D eigenvalue weighted by atomic mass is 32.2. The van der Waals surface area contributed by atoms with Gasteiger partial charge in [0.25, 0.3) is 0 Å². The molecule has 0 spiro atoms. The lowest BCUT2D eigenvalue weighted by atomic mass is 10.2. The topological polar surface area (TPSA) is 24.9 Å². The van der Waals surface area contributed by atoms with Crippen molar-refractivity contribution in [1.29, 1.82) is 0 Å². The van der Waals surface area contributed by atoms with Gasteiger partial charge in [0.15, 0.2) is 11.5 Å². The van der Waals surface area contributed by atoms with Gasteiger partial charge in [-0.1, -0.05) is 31.2 Å². The molecule has 0 N–H and O–H groups in total. The van der Waals surface area contributed by atoms with E-state index in [1.807, 2.05) is 17.8 Å². The number of para-hydroxylation sites is 1. The number of piperazine rings is 1. The Labute approximate surface area is 172 Å². The molecule has 2 aromatic carbocycles. The Morgan fingerprint density at radius 3 is 2.61 bits per heavy atom. The van der Waals surface area contributed by atoms with Gasteiger partial charge in [0.2, 0.25) is 0 Å². The SMILES string of the molecule is CCc1ccccc1SCCCN1CCN(c2cccc3c2OCCO3)CC1. The summed E-state index contributed by atoms with van der Waals surface area (Å²) in [6.45, 7) is 9.02. The van der Waals surface area contributed by atoms with Gasteiger partial charge in [-0.05, 0) is 48.9 Å². The van der Waals surface area contributed by atoms with Crippen molar-refractivity contribution in [2.24, 2.45) is 0 Å². The summed E-state index contributed by atoms with van der Waals surface area (Å²) in [5.74, 6) is 3.00. The molecule has 0 amide bonds. The molecule has 2 aliphatic rings. The molecule has 0 aliphatic carbocycles. The highest BCUT2D eigenvalue weighted by Crippen LogP contribution is 2.39. The molecule has 0 saturated carbocycles. The van der Waals surface area contributed by atoms with Gasteiger partial charge in [-0.15, -0.1) is 11.8 Å². The first-order chi connectivity index (χ1) is 13.8. The van der Waals surface area contributed by atoms with Crippen LogP contribution in [0.25, 0.3) is 0 Å². The number of benzene rings is 2. The van der Waals surface area contributed by atoms with Crippen LogP contribution in [0, 0.1) is 0 Å². The van der Waals surface area contributed by atoms with Crippen molar-refractivity contribution >= 4 is 17.4 Å². The minimum Gasteiger partial charge on any atom is -0.486 e. The first-order valence-electron chi connectivity index (χ1n) is 10.4. The first kappa shape index (κ1) is 19.5. The van der Waals surface area contributed by atoms with Crippen LogP contribution in [-0.2, 0) is 6.42 Å². The number of hydrogen-bond donors (Lipinski definition) is 0. The number of anilines is 1. The van der Waals surface area contributed by atoms with Crippen molar-refractivity contribution in [2.75, 3.05) is 56.6 Å². The van der Waals surface area contributed by atoms with Gasteiger partial charge in [-0.3, -0.25) is 4.90 Å². The van der Waals surface area contributed by atoms with E-state index in [2.05, 4.69) is 53.1 Å². The molecular formula is C23H30N2O2S. The summed E-state index contributed by atoms with van der Waals surface area (Å²) in [6.07, 6.45) is 2.35. The summed E-state index contributed by atoms with van der Waals surface area (Å²) in [5.41, 5.74) is 2.65. The van der Waals surface area contributed by atoms with E-state index in [4.69, 9.17) is 9.47 Å². The maximum atomic E-state index is 5.89. The summed E-state index contributed by atoms with van der Waals surface area (Å²) in [6, 6.07) is 15.0. The molecule has 0 radical (unpaired) electrons. The minimum absolute atomic E-state index is 0.642. The van der Waals surface area contributed by atoms with Crippen molar-refractivity contribution in [2.45, 2.75) is 24.7 Å². The number of ether oxygens (including phenoxy) is 2. The zero-order valence-electron chi connectivity index (χ0n) is 16.7. The molecule has 4 rings (SSSR count). The summed E-state index contributed by atoms with van der Waals surface area (Å²) >= 11 is 2.01. The number of aryl methyl sites for hydroxylation is 1. The lowest BCUT2D eigenvalue weighted by Gasteiger charge is -2.37. The van der Waals surface area contributed by atoms with E-state index >= 15 is 0 Å². The van der Waals surface area contributed by atoms with E-state index in [0.717, 1.165) is 44.1 Å². The van der Waals surface area contributed by atoms with Gasteiger partial charge < -0.3 is 14.4 Å². The third-order valence-corrected chi connectivity index (χ3v) is 6.69. The number of nitrogens with zero attached hydrogens (tertiary/aromatic N) is 2. The Balaban J connectivity index is 1.23. The van der Waals surface area contributed by atoms with Gasteiger partial charge >= 0.3 is 0 Å². The molecule has 28 heavy (non-hydrogen) atoms. The van der Waals surface area contributed by atoms with E-state index < -0.39 is 0 Å². The number of fused-ring (bicyclic) bond motifs is 1. The highest BCUT2D eigenvalue weighted by molar-refractivity contribution is 7.99. The largest absolute Gasteiger partial charge is 0.486 e. The van der Waals surface area contributed by atoms with Crippen LogP contribution in [0.15, 0.2) is 47.4 Å². The molecule has 0 bridgehead atoms. The lowest BCUT2D eigenvalue weighted by Crippen LogP contribution is -2.46. The summed E-state index contributed by atoms with van der Waals surface area (Å²) in [4.78, 5) is 6.48. The molecule has 0 unspecified atom stereocenters. The highest BCUT2D eigenvalue weighted by Gasteiger charge is 2.23. The fraction of sp³-hybridized carbons (Fsp3) is 0.478. The fourth-order valence-electron chi connectivity index (χ4n) is 3.93. The van der Waals surface area contributed by atoms with Gasteiger partial charge in [-0.2, -0.15) is 0 Å². The first-order valence-corrected chi connectivity index (χ1v) is 11.4. The second-order valence-corrected chi connectivity index (χ2v) is 8.43. The second-order valence-electron chi connectivity index (χ2n) is 7.29. The van der Waals surface area contributed by atoms with Crippen LogP contribution in [0.5, 0.6) is 11.5 Å². The van der Waals surface area contributed by atoms with E-state index in [9.17, 15) is 0 Å². The van der Waals surface area contributed by atoms with Crippen LogP contribution >= 0.6 is 11.8 Å². The Morgan fingerprint density at radius 1 is 0.929 bits per heavy atom. The molecule has 2 aromatic rings. The average molecular weight is 399 g/mol. The zero-order valence-corrected chi connectivity index (χ0v) is 17.5. The molecule has 5 heteroatoms. The quantitative estimate of drug-likeness (QED) is 0.511. The van der Waals surface area contributed by atoms with Crippen molar-refractivity contribution in [3.05, 3.63) is 48.0 Å². The Kier molecular flexibility index (Phi) is 6.65. The fourth-order valence-corrected chi connectivity index (χ4v) is 4.99. The van der Waals surface area contributed by atoms with E-state index in [0.29, 0.717) is 13.2 Å². The van der Waals surface area contributed by atoms with E-state index in [1.165, 1.54) is 34.9 Å². The van der Waals surface area contributed by atoms with Crippen LogP contribution in [0.4, 0.5) is 5.69 Å². The van der Waals surface area contributed by atoms with Crippen LogP contribution in [0.3, 0.4) is 0 Å². The van der Waals surface area contributed by atoms with Crippen molar-refractivity contribution in [3.63, 3.8) is 0 Å². The molecule has 4 nitrogen and oxygen atoms in total. The van der Waals surface area contributed by atoms with Crippen molar-refractivity contribution in [3.8, 4) is 11.5 Å². The Morgan fingerprint density at radius 2 is 1.75 bits per heavy atom. The van der Waals surface area contributed by atoms with Crippen LogP contribution in [-0.4, -0.2) is 56.6 Å². The third kappa shape index (κ3) is 4.58. The van der Waals surface area contributed by atoms with Gasteiger partial charge in [0.1, 0.15) is 13.2 Å². The molecular weight excluding hydrogens is 368 g/mol. The van der Waals surface area contributed by atoms with Crippen LogP contribution in [0.1, 0.15) is 18.9 Å². The van der Waals surface area contributed by atoms with Gasteiger partial charge in [-0.25, -0.2) is 0 Å². The van der Waals surface area contributed by atoms with Crippen LogP contribution in [0.2, 0.25) is 0 Å². The Hall–Kier alpha value is -1.85. The summed E-state index contributed by atoms with van der Waals surface area (Å²) in [5, 5.41) is 0. The molecule has 150 valence electrons. The number of hydrogen-bond acceptors (Lipinski definition) is 5. The number of thioether (sulfide) groups is 1. The lowest BCUT2D eigenvalue weighted by molar-refractivity contribution is 0.171. The smallest absolute Gasteiger partial charge is 0.184 e. The third-order valence-electron chi connectivity index (χ3n) is 5.49. The molecule has 0 aromatic heterocycles. The predicted octanol–water partition coefficient (Wildman–Crippen LogP) is 4.32. The predicted molar refractivity (Wildman–Crippen MR) is 117 cm³/mol. The molecule has 1 fully saturated rings. The molecule has 2 aliphatic heterocycles. The summed E-state index contributed by atoms with van der Waals surface area (Å²) in [7, 11) is 0.